The lowest BCUT2D eigenvalue weighted by atomic mass is 9.85. The molecule has 0 bridgehead atoms. The third-order valence-electron chi connectivity index (χ3n) is 3.89. The fraction of sp³-hybridized carbons (Fsp3) is 0.684. The first-order valence-corrected chi connectivity index (χ1v) is 8.10. The van der Waals surface area contributed by atoms with Crippen molar-refractivity contribution >= 4 is 0 Å². The minimum atomic E-state index is -1.06. The fourth-order valence-corrected chi connectivity index (χ4v) is 2.34. The molecular formula is C19H36O4. The Kier molecular flexibility index (Phi) is 12.2. The Morgan fingerprint density at radius 2 is 1.35 bits per heavy atom. The summed E-state index contributed by atoms with van der Waals surface area (Å²) in [5.74, 6) is 0.0278. The average Bonchev–Trinajstić information content (AvgIpc) is 2.44. The third-order valence-corrected chi connectivity index (χ3v) is 3.89. The Morgan fingerprint density at radius 3 is 1.61 bits per heavy atom. The van der Waals surface area contributed by atoms with Crippen LogP contribution < -0.4 is 0 Å². The first kappa shape index (κ1) is 24.3. The topological polar surface area (TPSA) is 80.9 Å². The summed E-state index contributed by atoms with van der Waals surface area (Å²) >= 11 is 0. The van der Waals surface area contributed by atoms with E-state index in [2.05, 4.69) is 19.7 Å². The van der Waals surface area contributed by atoms with E-state index in [1.807, 2.05) is 13.8 Å². The van der Waals surface area contributed by atoms with Gasteiger partial charge in [0.05, 0.1) is 18.3 Å². The van der Waals surface area contributed by atoms with Gasteiger partial charge in [-0.05, 0) is 45.4 Å². The highest BCUT2D eigenvalue weighted by Gasteiger charge is 2.27. The van der Waals surface area contributed by atoms with Crippen molar-refractivity contribution in [1.82, 2.24) is 0 Å². The SMILES string of the molecule is C=C(C)C(O)C(C)CC(C)O.C=CC(O)(C=C)C(C)CC(C)O. The van der Waals surface area contributed by atoms with Crippen LogP contribution in [-0.2, 0) is 0 Å². The molecule has 0 heterocycles. The maximum atomic E-state index is 9.80. The lowest BCUT2D eigenvalue weighted by Crippen LogP contribution is -2.33. The van der Waals surface area contributed by atoms with E-state index in [0.717, 1.165) is 5.57 Å². The molecule has 0 radical (unpaired) electrons. The smallest absolute Gasteiger partial charge is 0.103 e. The second-order valence-electron chi connectivity index (χ2n) is 6.63. The number of aliphatic hydroxyl groups excluding tert-OH is 3. The van der Waals surface area contributed by atoms with Gasteiger partial charge in [-0.3, -0.25) is 0 Å². The van der Waals surface area contributed by atoms with Crippen molar-refractivity contribution in [3.05, 3.63) is 37.5 Å². The number of rotatable bonds is 9. The summed E-state index contributed by atoms with van der Waals surface area (Å²) in [7, 11) is 0. The molecule has 0 aliphatic carbocycles. The van der Waals surface area contributed by atoms with E-state index in [0.29, 0.717) is 12.8 Å². The summed E-state index contributed by atoms with van der Waals surface area (Å²) in [5.41, 5.74) is -0.296. The molecule has 0 aromatic heterocycles. The normalized spacial score (nSPS) is 17.8. The van der Waals surface area contributed by atoms with Crippen molar-refractivity contribution in [2.75, 3.05) is 0 Å². The van der Waals surface area contributed by atoms with E-state index >= 15 is 0 Å². The van der Waals surface area contributed by atoms with Gasteiger partial charge in [0, 0.05) is 0 Å². The van der Waals surface area contributed by atoms with Crippen LogP contribution in [0, 0.1) is 11.8 Å². The van der Waals surface area contributed by atoms with Crippen LogP contribution >= 0.6 is 0 Å². The van der Waals surface area contributed by atoms with E-state index in [4.69, 9.17) is 10.2 Å². The average molecular weight is 328 g/mol. The summed E-state index contributed by atoms with van der Waals surface area (Å²) < 4.78 is 0. The van der Waals surface area contributed by atoms with Gasteiger partial charge in [-0.15, -0.1) is 0 Å². The van der Waals surface area contributed by atoms with Gasteiger partial charge in [0.25, 0.3) is 0 Å². The molecule has 0 saturated carbocycles. The van der Waals surface area contributed by atoms with Crippen LogP contribution in [0.25, 0.3) is 0 Å². The van der Waals surface area contributed by atoms with Crippen molar-refractivity contribution in [1.29, 1.82) is 0 Å². The zero-order valence-electron chi connectivity index (χ0n) is 15.4. The van der Waals surface area contributed by atoms with Gasteiger partial charge in [0.15, 0.2) is 0 Å². The van der Waals surface area contributed by atoms with Crippen molar-refractivity contribution in [2.45, 2.75) is 71.4 Å². The summed E-state index contributed by atoms with van der Waals surface area (Å²) in [4.78, 5) is 0. The van der Waals surface area contributed by atoms with Crippen molar-refractivity contribution < 1.29 is 20.4 Å². The molecule has 0 fully saturated rings. The summed E-state index contributed by atoms with van der Waals surface area (Å²) in [6.07, 6.45) is 2.82. The number of hydrogen-bond acceptors (Lipinski definition) is 4. The fourth-order valence-electron chi connectivity index (χ4n) is 2.34. The maximum Gasteiger partial charge on any atom is 0.103 e. The number of aliphatic hydroxyl groups is 4. The Hall–Kier alpha value is -0.940. The molecule has 0 aliphatic heterocycles. The molecule has 0 amide bonds. The summed E-state index contributed by atoms with van der Waals surface area (Å²) in [6.45, 7) is 19.7. The van der Waals surface area contributed by atoms with Crippen LogP contribution in [0.15, 0.2) is 37.5 Å². The minimum Gasteiger partial charge on any atom is -0.393 e. The highest BCUT2D eigenvalue weighted by atomic mass is 16.3. The second-order valence-corrected chi connectivity index (χ2v) is 6.63. The van der Waals surface area contributed by atoms with Crippen LogP contribution in [-0.4, -0.2) is 44.3 Å². The number of hydrogen-bond donors (Lipinski definition) is 4. The van der Waals surface area contributed by atoms with E-state index in [1.165, 1.54) is 12.2 Å². The zero-order chi connectivity index (χ0) is 18.8. The predicted molar refractivity (Wildman–Crippen MR) is 97.1 cm³/mol. The van der Waals surface area contributed by atoms with Crippen LogP contribution in [0.3, 0.4) is 0 Å². The zero-order valence-corrected chi connectivity index (χ0v) is 15.4. The van der Waals surface area contributed by atoms with E-state index < -0.39 is 17.8 Å². The van der Waals surface area contributed by atoms with Crippen molar-refractivity contribution in [2.24, 2.45) is 11.8 Å². The Balaban J connectivity index is 0. The van der Waals surface area contributed by atoms with Crippen molar-refractivity contribution in [3.63, 3.8) is 0 Å². The maximum absolute atomic E-state index is 9.80. The van der Waals surface area contributed by atoms with Crippen LogP contribution in [0.2, 0.25) is 0 Å². The van der Waals surface area contributed by atoms with Gasteiger partial charge in [-0.25, -0.2) is 0 Å². The minimum absolute atomic E-state index is 0.0625. The monoisotopic (exact) mass is 328 g/mol. The molecule has 4 nitrogen and oxygen atoms in total. The molecule has 5 unspecified atom stereocenters. The molecule has 4 heteroatoms. The molecule has 4 N–H and O–H groups in total. The van der Waals surface area contributed by atoms with Gasteiger partial charge in [0.2, 0.25) is 0 Å². The Labute approximate surface area is 141 Å². The second kappa shape index (κ2) is 11.6. The van der Waals surface area contributed by atoms with Gasteiger partial charge in [-0.2, -0.15) is 0 Å². The van der Waals surface area contributed by atoms with Crippen LogP contribution in [0.1, 0.15) is 47.5 Å². The van der Waals surface area contributed by atoms with Gasteiger partial charge in [0.1, 0.15) is 5.60 Å². The highest BCUT2D eigenvalue weighted by Crippen LogP contribution is 2.24. The quantitative estimate of drug-likeness (QED) is 0.491. The largest absolute Gasteiger partial charge is 0.393 e. The molecule has 23 heavy (non-hydrogen) atoms. The lowest BCUT2D eigenvalue weighted by molar-refractivity contribution is 0.0515. The summed E-state index contributed by atoms with van der Waals surface area (Å²) in [6, 6.07) is 0. The van der Waals surface area contributed by atoms with Crippen molar-refractivity contribution in [3.8, 4) is 0 Å². The molecule has 0 spiro atoms. The first-order chi connectivity index (χ1) is 10.4. The molecule has 0 aromatic rings. The van der Waals surface area contributed by atoms with Gasteiger partial charge < -0.3 is 20.4 Å². The first-order valence-electron chi connectivity index (χ1n) is 8.10. The highest BCUT2D eigenvalue weighted by molar-refractivity contribution is 5.10. The summed E-state index contributed by atoms with van der Waals surface area (Å²) in [5, 5.41) is 37.3. The van der Waals surface area contributed by atoms with E-state index in [1.54, 1.807) is 20.8 Å². The molecule has 0 aliphatic rings. The molecule has 5 atom stereocenters. The van der Waals surface area contributed by atoms with E-state index in [-0.39, 0.29) is 17.9 Å². The Morgan fingerprint density at radius 1 is 0.957 bits per heavy atom. The van der Waals surface area contributed by atoms with Crippen LogP contribution in [0.5, 0.6) is 0 Å². The van der Waals surface area contributed by atoms with Gasteiger partial charge in [-0.1, -0.05) is 51.3 Å². The lowest BCUT2D eigenvalue weighted by Gasteiger charge is -2.28. The van der Waals surface area contributed by atoms with Crippen LogP contribution in [0.4, 0.5) is 0 Å². The van der Waals surface area contributed by atoms with E-state index in [9.17, 15) is 10.2 Å². The molecule has 136 valence electrons. The predicted octanol–water partition coefficient (Wildman–Crippen LogP) is 2.83. The molecular weight excluding hydrogens is 292 g/mol. The molecule has 0 aromatic carbocycles. The molecule has 0 saturated heterocycles. The standard InChI is InChI=1S/C10H18O2.C9H18O2/c1-5-10(12,6-2)8(3)7-9(4)11;1-6(2)9(11)7(3)5-8(4)10/h5-6,8-9,11-12H,1-2,7H2,3-4H3;7-11H,1,5H2,2-4H3. The third kappa shape index (κ3) is 10.4. The molecule has 0 rings (SSSR count). The van der Waals surface area contributed by atoms with Gasteiger partial charge >= 0.3 is 0 Å². The Bertz CT molecular complexity index is 352.